The number of anilines is 1. The molecule has 0 saturated heterocycles. The zero-order valence-corrected chi connectivity index (χ0v) is 14.9. The molecule has 4 rings (SSSR count). The molecule has 1 amide bonds. The highest BCUT2D eigenvalue weighted by Gasteiger charge is 2.28. The maximum Gasteiger partial charge on any atom is 0.267 e. The van der Waals surface area contributed by atoms with Crippen molar-refractivity contribution in [2.75, 3.05) is 5.32 Å². The summed E-state index contributed by atoms with van der Waals surface area (Å²) in [5.74, 6) is -1.53. The molecule has 2 aromatic heterocycles. The molecule has 2 N–H and O–H groups in total. The van der Waals surface area contributed by atoms with Crippen molar-refractivity contribution in [1.29, 1.82) is 0 Å². The Morgan fingerprint density at radius 1 is 1.37 bits per heavy atom. The highest BCUT2D eigenvalue weighted by molar-refractivity contribution is 6.09. The number of nitrogens with zero attached hydrogens (tertiary/aromatic N) is 2. The van der Waals surface area contributed by atoms with Crippen molar-refractivity contribution in [1.82, 2.24) is 9.55 Å². The summed E-state index contributed by atoms with van der Waals surface area (Å²) in [7, 11) is 0. The van der Waals surface area contributed by atoms with Crippen LogP contribution < -0.4 is 10.9 Å². The Labute approximate surface area is 154 Å². The number of amides is 1. The van der Waals surface area contributed by atoms with Gasteiger partial charge in [-0.05, 0) is 62.1 Å². The smallest absolute Gasteiger partial charge is 0.267 e. The molecule has 0 saturated carbocycles. The van der Waals surface area contributed by atoms with Gasteiger partial charge in [-0.25, -0.2) is 9.37 Å². The van der Waals surface area contributed by atoms with E-state index in [0.717, 1.165) is 11.6 Å². The minimum Gasteiger partial charge on any atom is -0.506 e. The van der Waals surface area contributed by atoms with Crippen LogP contribution in [0.3, 0.4) is 0 Å². The van der Waals surface area contributed by atoms with Gasteiger partial charge in [-0.1, -0.05) is 0 Å². The second kappa shape index (κ2) is 6.19. The molecule has 6 nitrogen and oxygen atoms in total. The van der Waals surface area contributed by atoms with E-state index >= 15 is 0 Å². The summed E-state index contributed by atoms with van der Waals surface area (Å²) in [5, 5.41) is 13.4. The lowest BCUT2D eigenvalue weighted by Gasteiger charge is -2.26. The summed E-state index contributed by atoms with van der Waals surface area (Å²) in [5.41, 5.74) is 1.03. The van der Waals surface area contributed by atoms with Crippen molar-refractivity contribution >= 4 is 22.6 Å². The number of hydrogen-bond donors (Lipinski definition) is 2. The third-order valence-electron chi connectivity index (χ3n) is 4.98. The molecular weight excluding hydrogens is 349 g/mol. The number of nitrogens with one attached hydrogen (secondary N) is 1. The fourth-order valence-electron chi connectivity index (χ4n) is 3.67. The van der Waals surface area contributed by atoms with Gasteiger partial charge in [0.2, 0.25) is 0 Å². The molecular formula is C20H18FN3O3. The predicted molar refractivity (Wildman–Crippen MR) is 99.8 cm³/mol. The van der Waals surface area contributed by atoms with E-state index < -0.39 is 28.6 Å². The van der Waals surface area contributed by atoms with E-state index in [4.69, 9.17) is 0 Å². The largest absolute Gasteiger partial charge is 0.506 e. The van der Waals surface area contributed by atoms with Crippen LogP contribution >= 0.6 is 0 Å². The molecule has 3 aromatic rings. The van der Waals surface area contributed by atoms with Gasteiger partial charge >= 0.3 is 0 Å². The molecule has 0 spiro atoms. The first-order valence-corrected chi connectivity index (χ1v) is 8.70. The van der Waals surface area contributed by atoms with Gasteiger partial charge < -0.3 is 15.0 Å². The van der Waals surface area contributed by atoms with Crippen LogP contribution in [0.5, 0.6) is 5.75 Å². The Hall–Kier alpha value is -3.22. The monoisotopic (exact) mass is 367 g/mol. The Morgan fingerprint density at radius 2 is 2.15 bits per heavy atom. The summed E-state index contributed by atoms with van der Waals surface area (Å²) in [6, 6.07) is 5.79. The maximum atomic E-state index is 14.0. The third kappa shape index (κ3) is 2.75. The summed E-state index contributed by atoms with van der Waals surface area (Å²) in [4.78, 5) is 29.8. The second-order valence-electron chi connectivity index (χ2n) is 6.92. The molecule has 7 heteroatoms. The SMILES string of the molecule is Cc1ccnc(NC(=O)c2c(O)c3cc(F)cc4c3n(c2=O)C(C)CC4)c1. The van der Waals surface area contributed by atoms with Crippen LogP contribution in [0.2, 0.25) is 0 Å². The zero-order chi connectivity index (χ0) is 19.3. The first kappa shape index (κ1) is 17.2. The third-order valence-corrected chi connectivity index (χ3v) is 4.98. The molecule has 1 aliphatic heterocycles. The molecule has 1 aliphatic rings. The van der Waals surface area contributed by atoms with Gasteiger partial charge in [0.1, 0.15) is 22.9 Å². The van der Waals surface area contributed by atoms with Crippen molar-refractivity contribution in [3.63, 3.8) is 0 Å². The molecule has 138 valence electrons. The Kier molecular flexibility index (Phi) is 3.95. The van der Waals surface area contributed by atoms with E-state index in [-0.39, 0.29) is 17.2 Å². The first-order chi connectivity index (χ1) is 12.9. The molecule has 0 fully saturated rings. The first-order valence-electron chi connectivity index (χ1n) is 8.70. The molecule has 1 unspecified atom stereocenters. The van der Waals surface area contributed by atoms with E-state index in [9.17, 15) is 19.1 Å². The number of pyridine rings is 2. The van der Waals surface area contributed by atoms with Crippen molar-refractivity contribution in [2.24, 2.45) is 0 Å². The highest BCUT2D eigenvalue weighted by atomic mass is 19.1. The molecule has 0 aliphatic carbocycles. The van der Waals surface area contributed by atoms with Crippen LogP contribution in [-0.2, 0) is 6.42 Å². The number of benzene rings is 1. The summed E-state index contributed by atoms with van der Waals surface area (Å²) in [6.07, 6.45) is 2.79. The lowest BCUT2D eigenvalue weighted by Crippen LogP contribution is -2.33. The van der Waals surface area contributed by atoms with Crippen molar-refractivity contribution in [2.45, 2.75) is 32.7 Å². The van der Waals surface area contributed by atoms with Crippen molar-refractivity contribution in [3.8, 4) is 5.75 Å². The number of halogens is 1. The van der Waals surface area contributed by atoms with Gasteiger partial charge in [0.15, 0.2) is 0 Å². The van der Waals surface area contributed by atoms with Crippen LogP contribution in [0, 0.1) is 12.7 Å². The number of aryl methyl sites for hydroxylation is 2. The van der Waals surface area contributed by atoms with E-state index in [1.165, 1.54) is 16.8 Å². The molecule has 27 heavy (non-hydrogen) atoms. The Morgan fingerprint density at radius 3 is 2.89 bits per heavy atom. The molecule has 1 aromatic carbocycles. The summed E-state index contributed by atoms with van der Waals surface area (Å²) in [6.45, 7) is 3.71. The fraction of sp³-hybridized carbons (Fsp3) is 0.250. The van der Waals surface area contributed by atoms with E-state index in [0.29, 0.717) is 23.9 Å². The van der Waals surface area contributed by atoms with Crippen molar-refractivity contribution in [3.05, 3.63) is 63.3 Å². The van der Waals surface area contributed by atoms with Crippen molar-refractivity contribution < 1.29 is 14.3 Å². The van der Waals surface area contributed by atoms with Gasteiger partial charge in [0.25, 0.3) is 11.5 Å². The number of carbonyl (C=O) groups excluding carboxylic acids is 1. The maximum absolute atomic E-state index is 14.0. The fourth-order valence-corrected chi connectivity index (χ4v) is 3.67. The Bertz CT molecular complexity index is 1150. The normalized spacial score (nSPS) is 15.7. The highest BCUT2D eigenvalue weighted by Crippen LogP contribution is 2.35. The zero-order valence-electron chi connectivity index (χ0n) is 14.9. The summed E-state index contributed by atoms with van der Waals surface area (Å²) >= 11 is 0. The van der Waals surface area contributed by atoms with Crippen LogP contribution in [0.1, 0.15) is 40.9 Å². The van der Waals surface area contributed by atoms with Gasteiger partial charge in [0.05, 0.1) is 5.52 Å². The van der Waals surface area contributed by atoms with Crippen LogP contribution in [-0.4, -0.2) is 20.6 Å². The number of aromatic hydroxyl groups is 1. The average Bonchev–Trinajstić information content (AvgIpc) is 2.60. The minimum absolute atomic E-state index is 0.165. The van der Waals surface area contributed by atoms with E-state index in [1.807, 2.05) is 13.8 Å². The molecule has 3 heterocycles. The molecule has 0 bridgehead atoms. The summed E-state index contributed by atoms with van der Waals surface area (Å²) < 4.78 is 15.5. The lowest BCUT2D eigenvalue weighted by molar-refractivity contribution is 0.102. The van der Waals surface area contributed by atoms with Crippen LogP contribution in [0.25, 0.3) is 10.9 Å². The van der Waals surface area contributed by atoms with Gasteiger partial charge in [-0.15, -0.1) is 0 Å². The Balaban J connectivity index is 1.94. The minimum atomic E-state index is -0.773. The van der Waals surface area contributed by atoms with E-state index in [2.05, 4.69) is 10.3 Å². The average molecular weight is 367 g/mol. The lowest BCUT2D eigenvalue weighted by atomic mass is 9.95. The number of rotatable bonds is 2. The van der Waals surface area contributed by atoms with Gasteiger partial charge in [0, 0.05) is 17.6 Å². The van der Waals surface area contributed by atoms with Crippen LogP contribution in [0.15, 0.2) is 35.3 Å². The van der Waals surface area contributed by atoms with Gasteiger partial charge in [-0.2, -0.15) is 0 Å². The van der Waals surface area contributed by atoms with Crippen LogP contribution in [0.4, 0.5) is 10.2 Å². The van der Waals surface area contributed by atoms with Gasteiger partial charge in [-0.3, -0.25) is 9.59 Å². The molecule has 0 radical (unpaired) electrons. The quantitative estimate of drug-likeness (QED) is 0.728. The second-order valence-corrected chi connectivity index (χ2v) is 6.92. The molecule has 1 atom stereocenters. The standard InChI is InChI=1S/C20H18FN3O3/c1-10-5-6-22-15(7-10)23-19(26)16-18(25)14-9-13(21)8-12-4-3-11(2)24(17(12)14)20(16)27/h5-9,11,25H,3-4H2,1-2H3,(H,22,23,26). The van der Waals surface area contributed by atoms with E-state index in [1.54, 1.807) is 12.1 Å². The topological polar surface area (TPSA) is 84.2 Å². The number of carbonyl (C=O) groups is 1. The number of hydrogen-bond acceptors (Lipinski definition) is 4. The predicted octanol–water partition coefficient (Wildman–Crippen LogP) is 3.31. The number of aromatic nitrogens is 2.